The highest BCUT2D eigenvalue weighted by molar-refractivity contribution is 5.77. The third kappa shape index (κ3) is 2.71. The molecule has 3 atom stereocenters. The van der Waals surface area contributed by atoms with Gasteiger partial charge in [0.25, 0.3) is 0 Å². The molecular weight excluding hydrogens is 176 g/mol. The molecule has 3 nitrogen and oxygen atoms in total. The van der Waals surface area contributed by atoms with Gasteiger partial charge in [-0.2, -0.15) is 0 Å². The summed E-state index contributed by atoms with van der Waals surface area (Å²) in [6, 6.07) is 0.307. The lowest BCUT2D eigenvalue weighted by Gasteiger charge is -2.34. The number of carbonyl (C=O) groups excluding carboxylic acids is 1. The van der Waals surface area contributed by atoms with Crippen LogP contribution in [0.3, 0.4) is 0 Å². The summed E-state index contributed by atoms with van der Waals surface area (Å²) in [4.78, 5) is 11.3. The molecule has 0 saturated carbocycles. The van der Waals surface area contributed by atoms with Crippen molar-refractivity contribution in [2.45, 2.75) is 45.6 Å². The molecule has 1 fully saturated rings. The number of hydrogen-bond donors (Lipinski definition) is 2. The van der Waals surface area contributed by atoms with E-state index in [0.29, 0.717) is 12.0 Å². The van der Waals surface area contributed by atoms with Crippen molar-refractivity contribution in [1.29, 1.82) is 0 Å². The van der Waals surface area contributed by atoms with Crippen LogP contribution in [0.2, 0.25) is 0 Å². The number of carbonyl (C=O) groups is 1. The number of piperidine rings is 1. The molecule has 1 rings (SSSR count). The van der Waals surface area contributed by atoms with E-state index < -0.39 is 0 Å². The van der Waals surface area contributed by atoms with Crippen molar-refractivity contribution in [3.8, 4) is 0 Å². The first-order valence-corrected chi connectivity index (χ1v) is 5.69. The Balaban J connectivity index is 2.57. The fourth-order valence-electron chi connectivity index (χ4n) is 2.46. The molecule has 1 saturated heterocycles. The predicted molar refractivity (Wildman–Crippen MR) is 57.8 cm³/mol. The van der Waals surface area contributed by atoms with Crippen molar-refractivity contribution < 1.29 is 4.79 Å². The second-order valence-corrected chi connectivity index (χ2v) is 4.40. The second kappa shape index (κ2) is 5.35. The second-order valence-electron chi connectivity index (χ2n) is 4.40. The Morgan fingerprint density at radius 3 is 2.93 bits per heavy atom. The molecule has 3 unspecified atom stereocenters. The zero-order valence-corrected chi connectivity index (χ0v) is 9.25. The van der Waals surface area contributed by atoms with Gasteiger partial charge in [0.05, 0.1) is 5.92 Å². The van der Waals surface area contributed by atoms with Gasteiger partial charge in [-0.05, 0) is 31.7 Å². The third-order valence-corrected chi connectivity index (χ3v) is 3.23. The first kappa shape index (κ1) is 11.5. The monoisotopic (exact) mass is 198 g/mol. The van der Waals surface area contributed by atoms with E-state index in [1.54, 1.807) is 0 Å². The highest BCUT2D eigenvalue weighted by Gasteiger charge is 2.32. The number of rotatable bonds is 4. The molecule has 1 aliphatic heterocycles. The molecule has 3 N–H and O–H groups in total. The highest BCUT2D eigenvalue weighted by atomic mass is 16.1. The molecule has 0 aromatic carbocycles. The van der Waals surface area contributed by atoms with E-state index in [-0.39, 0.29) is 11.8 Å². The maximum absolute atomic E-state index is 11.3. The molecule has 0 spiro atoms. The zero-order chi connectivity index (χ0) is 10.6. The van der Waals surface area contributed by atoms with Crippen LogP contribution >= 0.6 is 0 Å². The van der Waals surface area contributed by atoms with E-state index in [2.05, 4.69) is 19.2 Å². The van der Waals surface area contributed by atoms with Crippen LogP contribution in [-0.4, -0.2) is 18.5 Å². The largest absolute Gasteiger partial charge is 0.369 e. The molecule has 1 heterocycles. The molecule has 3 heteroatoms. The van der Waals surface area contributed by atoms with Gasteiger partial charge in [0.2, 0.25) is 5.91 Å². The highest BCUT2D eigenvalue weighted by Crippen LogP contribution is 2.24. The minimum atomic E-state index is -0.134. The summed E-state index contributed by atoms with van der Waals surface area (Å²) in [5.74, 6) is 0.466. The molecule has 82 valence electrons. The number of hydrogen-bond acceptors (Lipinski definition) is 2. The fraction of sp³-hybridized carbons (Fsp3) is 0.909. The lowest BCUT2D eigenvalue weighted by molar-refractivity contribution is -0.124. The van der Waals surface area contributed by atoms with Gasteiger partial charge in [-0.15, -0.1) is 0 Å². The Morgan fingerprint density at radius 1 is 1.64 bits per heavy atom. The van der Waals surface area contributed by atoms with E-state index in [9.17, 15) is 4.79 Å². The summed E-state index contributed by atoms with van der Waals surface area (Å²) in [5, 5.41) is 3.43. The minimum absolute atomic E-state index is 0.0466. The molecule has 0 aliphatic carbocycles. The van der Waals surface area contributed by atoms with E-state index >= 15 is 0 Å². The Kier molecular flexibility index (Phi) is 4.39. The normalized spacial score (nSPS) is 29.9. The topological polar surface area (TPSA) is 55.1 Å². The van der Waals surface area contributed by atoms with Crippen molar-refractivity contribution in [2.75, 3.05) is 6.54 Å². The molecule has 14 heavy (non-hydrogen) atoms. The number of amides is 1. The molecule has 1 amide bonds. The van der Waals surface area contributed by atoms with Crippen LogP contribution in [0.15, 0.2) is 0 Å². The van der Waals surface area contributed by atoms with Crippen molar-refractivity contribution in [2.24, 2.45) is 17.6 Å². The smallest absolute Gasteiger partial charge is 0.222 e. The minimum Gasteiger partial charge on any atom is -0.369 e. The lowest BCUT2D eigenvalue weighted by Crippen LogP contribution is -2.50. The molecule has 0 aromatic heterocycles. The van der Waals surface area contributed by atoms with Gasteiger partial charge in [-0.25, -0.2) is 0 Å². The SMILES string of the molecule is CCCC(C)C1NCCCC1C(N)=O. The molecule has 0 radical (unpaired) electrons. The first-order valence-electron chi connectivity index (χ1n) is 5.69. The number of primary amides is 1. The van der Waals surface area contributed by atoms with Crippen LogP contribution in [0, 0.1) is 11.8 Å². The Hall–Kier alpha value is -0.570. The molecule has 0 aromatic rings. The third-order valence-electron chi connectivity index (χ3n) is 3.23. The van der Waals surface area contributed by atoms with Crippen molar-refractivity contribution in [3.05, 3.63) is 0 Å². The summed E-state index contributed by atoms with van der Waals surface area (Å²) in [5.41, 5.74) is 5.41. The van der Waals surface area contributed by atoms with Gasteiger partial charge >= 0.3 is 0 Å². The average Bonchev–Trinajstić information content (AvgIpc) is 2.18. The summed E-state index contributed by atoms with van der Waals surface area (Å²) < 4.78 is 0. The summed E-state index contributed by atoms with van der Waals surface area (Å²) in [6.45, 7) is 5.42. The van der Waals surface area contributed by atoms with Crippen LogP contribution in [0.1, 0.15) is 39.5 Å². The number of nitrogens with two attached hydrogens (primary N) is 1. The molecule has 0 bridgehead atoms. The van der Waals surface area contributed by atoms with Gasteiger partial charge in [0.15, 0.2) is 0 Å². The standard InChI is InChI=1S/C11H22N2O/c1-3-5-8(2)10-9(11(12)14)6-4-7-13-10/h8-10,13H,3-7H2,1-2H3,(H2,12,14). The Morgan fingerprint density at radius 2 is 2.36 bits per heavy atom. The first-order chi connectivity index (χ1) is 6.66. The fourth-order valence-corrected chi connectivity index (χ4v) is 2.46. The van der Waals surface area contributed by atoms with Gasteiger partial charge in [-0.3, -0.25) is 4.79 Å². The lowest BCUT2D eigenvalue weighted by atomic mass is 9.81. The van der Waals surface area contributed by atoms with Crippen LogP contribution in [-0.2, 0) is 4.79 Å². The van der Waals surface area contributed by atoms with Crippen LogP contribution in [0.5, 0.6) is 0 Å². The molecule has 1 aliphatic rings. The average molecular weight is 198 g/mol. The quantitative estimate of drug-likeness (QED) is 0.715. The van der Waals surface area contributed by atoms with Gasteiger partial charge in [0.1, 0.15) is 0 Å². The maximum Gasteiger partial charge on any atom is 0.222 e. The molecular formula is C11H22N2O. The van der Waals surface area contributed by atoms with Gasteiger partial charge < -0.3 is 11.1 Å². The van der Waals surface area contributed by atoms with Crippen LogP contribution in [0.25, 0.3) is 0 Å². The summed E-state index contributed by atoms with van der Waals surface area (Å²) in [6.07, 6.45) is 4.37. The van der Waals surface area contributed by atoms with Crippen LogP contribution in [0.4, 0.5) is 0 Å². The van der Waals surface area contributed by atoms with Crippen molar-refractivity contribution >= 4 is 5.91 Å². The summed E-state index contributed by atoms with van der Waals surface area (Å²) >= 11 is 0. The Labute approximate surface area is 86.4 Å². The van der Waals surface area contributed by atoms with Crippen molar-refractivity contribution in [3.63, 3.8) is 0 Å². The predicted octanol–water partition coefficient (Wildman–Crippen LogP) is 1.28. The van der Waals surface area contributed by atoms with Gasteiger partial charge in [0, 0.05) is 6.04 Å². The van der Waals surface area contributed by atoms with E-state index in [1.165, 1.54) is 12.8 Å². The van der Waals surface area contributed by atoms with Gasteiger partial charge in [-0.1, -0.05) is 20.3 Å². The summed E-state index contributed by atoms with van der Waals surface area (Å²) in [7, 11) is 0. The van der Waals surface area contributed by atoms with E-state index in [0.717, 1.165) is 19.4 Å². The maximum atomic E-state index is 11.3. The number of nitrogens with one attached hydrogen (secondary N) is 1. The Bertz CT molecular complexity index is 194. The van der Waals surface area contributed by atoms with E-state index in [1.807, 2.05) is 0 Å². The zero-order valence-electron chi connectivity index (χ0n) is 9.25. The van der Waals surface area contributed by atoms with Crippen LogP contribution < -0.4 is 11.1 Å². The van der Waals surface area contributed by atoms with E-state index in [4.69, 9.17) is 5.73 Å². The van der Waals surface area contributed by atoms with Crippen molar-refractivity contribution in [1.82, 2.24) is 5.32 Å².